The van der Waals surface area contributed by atoms with E-state index in [4.69, 9.17) is 9.90 Å². The molecule has 0 spiro atoms. The lowest BCUT2D eigenvalue weighted by Gasteiger charge is -2.18. The Hall–Kier alpha value is -4.34. The van der Waals surface area contributed by atoms with Gasteiger partial charge in [0.15, 0.2) is 0 Å². The predicted molar refractivity (Wildman–Crippen MR) is 142 cm³/mol. The number of benzene rings is 2. The van der Waals surface area contributed by atoms with Crippen LogP contribution in [0.25, 0.3) is 10.9 Å². The fourth-order valence-electron chi connectivity index (χ4n) is 3.87. The van der Waals surface area contributed by atoms with E-state index in [9.17, 15) is 18.0 Å². The highest BCUT2D eigenvalue weighted by molar-refractivity contribution is 5.92. The van der Waals surface area contributed by atoms with E-state index in [0.29, 0.717) is 6.42 Å². The van der Waals surface area contributed by atoms with E-state index in [0.717, 1.165) is 36.6 Å². The van der Waals surface area contributed by atoms with E-state index in [-0.39, 0.29) is 5.91 Å². The molecule has 10 heteroatoms. The number of nitrogens with one attached hydrogen (secondary N) is 1. The number of para-hydroxylation sites is 1. The highest BCUT2D eigenvalue weighted by Crippen LogP contribution is 2.25. The summed E-state index contributed by atoms with van der Waals surface area (Å²) in [6.45, 7) is 3.17. The van der Waals surface area contributed by atoms with Gasteiger partial charge in [0.05, 0.1) is 0 Å². The Morgan fingerprint density at radius 2 is 1.68 bits per heavy atom. The Balaban J connectivity index is 0.000000505. The lowest BCUT2D eigenvalue weighted by molar-refractivity contribution is -0.192. The molecule has 2 aromatic carbocycles. The van der Waals surface area contributed by atoms with Crippen molar-refractivity contribution in [3.63, 3.8) is 0 Å². The van der Waals surface area contributed by atoms with Crippen molar-refractivity contribution in [3.8, 4) is 0 Å². The number of aromatic nitrogens is 2. The van der Waals surface area contributed by atoms with Crippen LogP contribution in [0, 0.1) is 0 Å². The number of alkyl halides is 3. The first kappa shape index (κ1) is 28.2. The highest BCUT2D eigenvalue weighted by atomic mass is 19.4. The summed E-state index contributed by atoms with van der Waals surface area (Å²) in [5, 5.41) is 11.4. The summed E-state index contributed by atoms with van der Waals surface area (Å²) in [5.74, 6) is -1.85. The Kier molecular flexibility index (Phi) is 9.48. The first-order valence-corrected chi connectivity index (χ1v) is 12.0. The maximum absolute atomic E-state index is 12.6. The molecule has 0 bridgehead atoms. The molecule has 0 aliphatic rings. The molecule has 2 N–H and O–H groups in total. The second kappa shape index (κ2) is 12.8. The molecule has 4 aromatic rings. The number of carboxylic acid groups (broad SMARTS) is 1. The molecule has 0 saturated carbocycles. The molecule has 1 amide bonds. The largest absolute Gasteiger partial charge is 0.490 e. The second-order valence-corrected chi connectivity index (χ2v) is 8.51. The van der Waals surface area contributed by atoms with Gasteiger partial charge in [-0.15, -0.1) is 0 Å². The molecule has 0 radical (unpaired) electrons. The molecular weight excluding hydrogens is 497 g/mol. The number of carbonyl (C=O) groups is 2. The van der Waals surface area contributed by atoms with Crippen molar-refractivity contribution in [3.05, 3.63) is 84.7 Å². The van der Waals surface area contributed by atoms with Crippen LogP contribution in [0.2, 0.25) is 0 Å². The number of pyridine rings is 1. The number of halogens is 3. The lowest BCUT2D eigenvalue weighted by atomic mass is 10.1. The van der Waals surface area contributed by atoms with Gasteiger partial charge in [-0.3, -0.25) is 4.79 Å². The van der Waals surface area contributed by atoms with Crippen molar-refractivity contribution in [1.82, 2.24) is 9.55 Å². The van der Waals surface area contributed by atoms with Crippen LogP contribution < -0.4 is 10.2 Å². The zero-order valence-electron chi connectivity index (χ0n) is 21.1. The molecular formula is C28H29F3N4O3. The number of fused-ring (bicyclic) bond motifs is 1. The minimum absolute atomic E-state index is 0.0261. The van der Waals surface area contributed by atoms with Gasteiger partial charge in [-0.25, -0.2) is 9.78 Å². The zero-order valence-corrected chi connectivity index (χ0v) is 21.1. The van der Waals surface area contributed by atoms with Gasteiger partial charge in [-0.2, -0.15) is 13.2 Å². The molecule has 0 saturated heterocycles. The van der Waals surface area contributed by atoms with Gasteiger partial charge in [0.2, 0.25) is 5.91 Å². The Bertz CT molecular complexity index is 1350. The van der Waals surface area contributed by atoms with Gasteiger partial charge < -0.3 is 19.9 Å². The highest BCUT2D eigenvalue weighted by Gasteiger charge is 2.38. The second-order valence-electron chi connectivity index (χ2n) is 8.51. The van der Waals surface area contributed by atoms with E-state index in [1.807, 2.05) is 54.4 Å². The number of hydrogen-bond acceptors (Lipinski definition) is 4. The van der Waals surface area contributed by atoms with Gasteiger partial charge in [0, 0.05) is 54.7 Å². The number of carboxylic acids is 1. The standard InChI is InChI=1S/C26H28N4O.C2HF3O2/c1-3-18-30-19-20(23-8-4-5-9-24(23)30)11-16-26(31)28-21-12-14-22(15-13-21)29(2)25-10-6-7-17-27-25;3-2(4,5)1(6)7/h4-10,12-15,17,19H,3,11,16,18H2,1-2H3,(H,28,31);(H,6,7). The zero-order chi connectivity index (χ0) is 27.7. The summed E-state index contributed by atoms with van der Waals surface area (Å²) in [5.41, 5.74) is 4.29. The Labute approximate surface area is 218 Å². The third-order valence-electron chi connectivity index (χ3n) is 5.73. The lowest BCUT2D eigenvalue weighted by Crippen LogP contribution is -2.21. The fourth-order valence-corrected chi connectivity index (χ4v) is 3.87. The molecule has 2 aromatic heterocycles. The fraction of sp³-hybridized carbons (Fsp3) is 0.250. The monoisotopic (exact) mass is 526 g/mol. The van der Waals surface area contributed by atoms with Crippen molar-refractivity contribution in [2.75, 3.05) is 17.3 Å². The molecule has 2 heterocycles. The Morgan fingerprint density at radius 3 is 2.29 bits per heavy atom. The number of hydrogen-bond donors (Lipinski definition) is 2. The van der Waals surface area contributed by atoms with Crippen LogP contribution in [-0.4, -0.2) is 39.8 Å². The average Bonchev–Trinajstić information content (AvgIpc) is 3.25. The summed E-state index contributed by atoms with van der Waals surface area (Å²) in [7, 11) is 1.98. The first-order chi connectivity index (χ1) is 18.1. The number of carbonyl (C=O) groups excluding carboxylic acids is 1. The summed E-state index contributed by atoms with van der Waals surface area (Å²) >= 11 is 0. The van der Waals surface area contributed by atoms with E-state index < -0.39 is 12.1 Å². The normalized spacial score (nSPS) is 11.0. The van der Waals surface area contributed by atoms with Crippen LogP contribution in [0.4, 0.5) is 30.4 Å². The van der Waals surface area contributed by atoms with Gasteiger partial charge in [-0.1, -0.05) is 31.2 Å². The maximum Gasteiger partial charge on any atom is 0.490 e. The quantitative estimate of drug-likeness (QED) is 0.277. The van der Waals surface area contributed by atoms with E-state index in [1.54, 1.807) is 6.20 Å². The SMILES string of the molecule is CCCn1cc(CCC(=O)Nc2ccc(N(C)c3ccccn3)cc2)c2ccccc21.O=C(O)C(F)(F)F. The topological polar surface area (TPSA) is 87.5 Å². The molecule has 7 nitrogen and oxygen atoms in total. The number of anilines is 3. The molecule has 200 valence electrons. The van der Waals surface area contributed by atoms with Crippen molar-refractivity contribution < 1.29 is 27.9 Å². The van der Waals surface area contributed by atoms with Gasteiger partial charge in [0.25, 0.3) is 0 Å². The van der Waals surface area contributed by atoms with E-state index >= 15 is 0 Å². The van der Waals surface area contributed by atoms with Crippen molar-refractivity contribution in [2.45, 2.75) is 38.9 Å². The molecule has 0 unspecified atom stereocenters. The van der Waals surface area contributed by atoms with Crippen LogP contribution in [0.3, 0.4) is 0 Å². The van der Waals surface area contributed by atoms with Gasteiger partial charge in [-0.05, 0) is 60.9 Å². The number of aliphatic carboxylic acids is 1. The average molecular weight is 527 g/mol. The number of amides is 1. The summed E-state index contributed by atoms with van der Waals surface area (Å²) in [6.07, 6.45) is 1.16. The van der Waals surface area contributed by atoms with Crippen molar-refractivity contribution in [2.24, 2.45) is 0 Å². The maximum atomic E-state index is 12.6. The molecule has 0 aliphatic carbocycles. The van der Waals surface area contributed by atoms with Gasteiger partial charge in [0.1, 0.15) is 5.82 Å². The summed E-state index contributed by atoms with van der Waals surface area (Å²) in [4.78, 5) is 27.8. The van der Waals surface area contributed by atoms with E-state index in [2.05, 4.69) is 52.3 Å². The molecule has 0 atom stereocenters. The van der Waals surface area contributed by atoms with Crippen LogP contribution >= 0.6 is 0 Å². The number of aryl methyl sites for hydroxylation is 2. The van der Waals surface area contributed by atoms with Gasteiger partial charge >= 0.3 is 12.1 Å². The number of rotatable bonds is 8. The minimum atomic E-state index is -5.08. The van der Waals surface area contributed by atoms with Crippen LogP contribution in [0.15, 0.2) is 79.1 Å². The molecule has 38 heavy (non-hydrogen) atoms. The smallest absolute Gasteiger partial charge is 0.475 e. The van der Waals surface area contributed by atoms with Crippen LogP contribution in [0.1, 0.15) is 25.3 Å². The Morgan fingerprint density at radius 1 is 1.03 bits per heavy atom. The summed E-state index contributed by atoms with van der Waals surface area (Å²) < 4.78 is 34.0. The third-order valence-corrected chi connectivity index (χ3v) is 5.73. The minimum Gasteiger partial charge on any atom is -0.475 e. The number of nitrogens with zero attached hydrogens (tertiary/aromatic N) is 3. The summed E-state index contributed by atoms with van der Waals surface area (Å²) in [6, 6.07) is 22.1. The molecule has 0 aliphatic heterocycles. The van der Waals surface area contributed by atoms with Crippen LogP contribution in [0.5, 0.6) is 0 Å². The van der Waals surface area contributed by atoms with Crippen molar-refractivity contribution in [1.29, 1.82) is 0 Å². The first-order valence-electron chi connectivity index (χ1n) is 12.0. The van der Waals surface area contributed by atoms with Crippen LogP contribution in [-0.2, 0) is 22.6 Å². The third kappa shape index (κ3) is 7.58. The van der Waals surface area contributed by atoms with E-state index in [1.165, 1.54) is 16.5 Å². The molecule has 0 fully saturated rings. The van der Waals surface area contributed by atoms with Crippen molar-refractivity contribution >= 4 is 40.0 Å². The molecule has 4 rings (SSSR count). The predicted octanol–water partition coefficient (Wildman–Crippen LogP) is 6.42.